The topological polar surface area (TPSA) is 0 Å². The Morgan fingerprint density at radius 1 is 1.05 bits per heavy atom. The molecule has 0 aromatic heterocycles. The van der Waals surface area contributed by atoms with Crippen LogP contribution in [-0.2, 0) is 6.42 Å². The van der Waals surface area contributed by atoms with E-state index in [-0.39, 0.29) is 0 Å². The molecule has 0 aliphatic carbocycles. The van der Waals surface area contributed by atoms with Crippen molar-refractivity contribution in [2.45, 2.75) is 33.6 Å². The summed E-state index contributed by atoms with van der Waals surface area (Å²) in [6, 6.07) is 13.4. The maximum Gasteiger partial charge on any atom is -0.0179 e. The molecule has 19 heavy (non-hydrogen) atoms. The SMILES string of the molecule is CC=C(C)C=CCCc1ccc2ccc(C)cc2c1. The van der Waals surface area contributed by atoms with Crippen molar-refractivity contribution in [3.05, 3.63) is 71.3 Å². The summed E-state index contributed by atoms with van der Waals surface area (Å²) in [4.78, 5) is 0. The van der Waals surface area contributed by atoms with Crippen molar-refractivity contribution in [3.63, 3.8) is 0 Å². The Bertz CT molecular complexity index is 615. The van der Waals surface area contributed by atoms with Gasteiger partial charge in [-0.2, -0.15) is 0 Å². The summed E-state index contributed by atoms with van der Waals surface area (Å²) < 4.78 is 0. The van der Waals surface area contributed by atoms with Gasteiger partial charge in [0.05, 0.1) is 0 Å². The predicted molar refractivity (Wildman–Crippen MR) is 85.6 cm³/mol. The number of hydrogen-bond donors (Lipinski definition) is 0. The largest absolute Gasteiger partial charge is 0.0847 e. The van der Waals surface area contributed by atoms with Gasteiger partial charge in [0.1, 0.15) is 0 Å². The molecular weight excluding hydrogens is 228 g/mol. The second kappa shape index (κ2) is 6.38. The maximum atomic E-state index is 2.32. The van der Waals surface area contributed by atoms with Gasteiger partial charge >= 0.3 is 0 Å². The summed E-state index contributed by atoms with van der Waals surface area (Å²) in [6.45, 7) is 6.36. The molecule has 0 aliphatic heterocycles. The van der Waals surface area contributed by atoms with Crippen LogP contribution in [0, 0.1) is 6.92 Å². The first-order chi connectivity index (χ1) is 9.19. The fraction of sp³-hybridized carbons (Fsp3) is 0.263. The Labute approximate surface area is 116 Å². The lowest BCUT2D eigenvalue weighted by Gasteiger charge is -2.03. The van der Waals surface area contributed by atoms with Gasteiger partial charge in [0.2, 0.25) is 0 Å². The first-order valence-corrected chi connectivity index (χ1v) is 6.98. The quantitative estimate of drug-likeness (QED) is 0.619. The Morgan fingerprint density at radius 3 is 2.63 bits per heavy atom. The highest BCUT2D eigenvalue weighted by molar-refractivity contribution is 5.83. The van der Waals surface area contributed by atoms with E-state index in [0.717, 1.165) is 12.8 Å². The molecule has 0 amide bonds. The predicted octanol–water partition coefficient (Wildman–Crippen LogP) is 5.60. The van der Waals surface area contributed by atoms with Crippen molar-refractivity contribution in [1.82, 2.24) is 0 Å². The van der Waals surface area contributed by atoms with Crippen molar-refractivity contribution in [2.24, 2.45) is 0 Å². The van der Waals surface area contributed by atoms with Crippen LogP contribution in [-0.4, -0.2) is 0 Å². The van der Waals surface area contributed by atoms with Gasteiger partial charge in [0.15, 0.2) is 0 Å². The lowest BCUT2D eigenvalue weighted by Crippen LogP contribution is -1.84. The van der Waals surface area contributed by atoms with E-state index in [2.05, 4.69) is 75.4 Å². The van der Waals surface area contributed by atoms with E-state index in [1.807, 2.05) is 0 Å². The number of aryl methyl sites for hydroxylation is 2. The van der Waals surface area contributed by atoms with E-state index in [0.29, 0.717) is 0 Å². The van der Waals surface area contributed by atoms with Crippen molar-refractivity contribution in [2.75, 3.05) is 0 Å². The minimum atomic E-state index is 1.10. The van der Waals surface area contributed by atoms with E-state index in [1.54, 1.807) is 0 Å². The summed E-state index contributed by atoms with van der Waals surface area (Å²) >= 11 is 0. The molecular formula is C19H22. The zero-order valence-electron chi connectivity index (χ0n) is 12.1. The molecule has 2 aromatic carbocycles. The zero-order chi connectivity index (χ0) is 13.7. The van der Waals surface area contributed by atoms with Gasteiger partial charge in [-0.1, -0.05) is 65.8 Å². The molecule has 0 spiro atoms. The Morgan fingerprint density at radius 2 is 1.84 bits per heavy atom. The highest BCUT2D eigenvalue weighted by Crippen LogP contribution is 2.18. The molecule has 98 valence electrons. The minimum Gasteiger partial charge on any atom is -0.0847 e. The number of allylic oxidation sites excluding steroid dienone is 4. The van der Waals surface area contributed by atoms with E-state index in [1.165, 1.54) is 27.5 Å². The molecule has 0 radical (unpaired) electrons. The van der Waals surface area contributed by atoms with Gasteiger partial charge in [0.25, 0.3) is 0 Å². The van der Waals surface area contributed by atoms with E-state index in [9.17, 15) is 0 Å². The molecule has 0 unspecified atom stereocenters. The summed E-state index contributed by atoms with van der Waals surface area (Å²) in [5.41, 5.74) is 4.07. The molecule has 2 aromatic rings. The fourth-order valence-electron chi connectivity index (χ4n) is 2.19. The smallest absolute Gasteiger partial charge is 0.0179 e. The lowest BCUT2D eigenvalue weighted by molar-refractivity contribution is 1.00. The van der Waals surface area contributed by atoms with Crippen LogP contribution >= 0.6 is 0 Å². The summed E-state index contributed by atoms with van der Waals surface area (Å²) in [6.07, 6.45) is 8.80. The molecule has 0 bridgehead atoms. The van der Waals surface area contributed by atoms with Crippen LogP contribution in [0.15, 0.2) is 60.2 Å². The van der Waals surface area contributed by atoms with Crippen molar-refractivity contribution < 1.29 is 0 Å². The maximum absolute atomic E-state index is 2.32. The average molecular weight is 250 g/mol. The van der Waals surface area contributed by atoms with E-state index >= 15 is 0 Å². The Balaban J connectivity index is 2.07. The molecule has 0 saturated heterocycles. The van der Waals surface area contributed by atoms with Gasteiger partial charge in [-0.3, -0.25) is 0 Å². The molecule has 0 saturated carbocycles. The van der Waals surface area contributed by atoms with Gasteiger partial charge in [0, 0.05) is 0 Å². The van der Waals surface area contributed by atoms with Crippen LogP contribution < -0.4 is 0 Å². The third kappa shape index (κ3) is 3.82. The van der Waals surface area contributed by atoms with Crippen molar-refractivity contribution in [3.8, 4) is 0 Å². The highest BCUT2D eigenvalue weighted by Gasteiger charge is 1.96. The molecule has 0 heteroatoms. The second-order valence-electron chi connectivity index (χ2n) is 5.16. The average Bonchev–Trinajstić information content (AvgIpc) is 2.42. The van der Waals surface area contributed by atoms with Crippen LogP contribution in [0.4, 0.5) is 0 Å². The van der Waals surface area contributed by atoms with Crippen molar-refractivity contribution >= 4 is 10.8 Å². The fourth-order valence-corrected chi connectivity index (χ4v) is 2.19. The first-order valence-electron chi connectivity index (χ1n) is 6.98. The molecule has 0 heterocycles. The van der Waals surface area contributed by atoms with E-state index < -0.39 is 0 Å². The van der Waals surface area contributed by atoms with Gasteiger partial charge in [-0.05, 0) is 49.9 Å². The van der Waals surface area contributed by atoms with Crippen molar-refractivity contribution in [1.29, 1.82) is 0 Å². The van der Waals surface area contributed by atoms with Crippen LogP contribution in [0.25, 0.3) is 10.8 Å². The lowest BCUT2D eigenvalue weighted by atomic mass is 10.0. The second-order valence-corrected chi connectivity index (χ2v) is 5.16. The minimum absolute atomic E-state index is 1.10. The normalized spacial score (nSPS) is 12.5. The number of rotatable bonds is 4. The molecule has 0 nitrogen and oxygen atoms in total. The molecule has 2 rings (SSSR count). The van der Waals surface area contributed by atoms with Crippen LogP contribution in [0.3, 0.4) is 0 Å². The standard InChI is InChI=1S/C19H22/c1-4-15(2)7-5-6-8-17-10-12-18-11-9-16(3)13-19(18)14-17/h4-5,7,9-14H,6,8H2,1-3H3. The number of fused-ring (bicyclic) bond motifs is 1. The summed E-state index contributed by atoms with van der Waals surface area (Å²) in [5.74, 6) is 0. The third-order valence-corrected chi connectivity index (χ3v) is 3.50. The Hall–Kier alpha value is -1.82. The summed E-state index contributed by atoms with van der Waals surface area (Å²) in [7, 11) is 0. The van der Waals surface area contributed by atoms with Crippen LogP contribution in [0.1, 0.15) is 31.4 Å². The molecule has 0 N–H and O–H groups in total. The van der Waals surface area contributed by atoms with Gasteiger partial charge in [-0.25, -0.2) is 0 Å². The van der Waals surface area contributed by atoms with Gasteiger partial charge < -0.3 is 0 Å². The van der Waals surface area contributed by atoms with Gasteiger partial charge in [-0.15, -0.1) is 0 Å². The molecule has 0 aliphatic rings. The monoisotopic (exact) mass is 250 g/mol. The highest BCUT2D eigenvalue weighted by atomic mass is 14.0. The molecule has 0 fully saturated rings. The zero-order valence-corrected chi connectivity index (χ0v) is 12.1. The number of benzene rings is 2. The number of hydrogen-bond acceptors (Lipinski definition) is 0. The first kappa shape index (κ1) is 13.6. The van der Waals surface area contributed by atoms with Crippen LogP contribution in [0.2, 0.25) is 0 Å². The molecule has 0 atom stereocenters. The van der Waals surface area contributed by atoms with E-state index in [4.69, 9.17) is 0 Å². The van der Waals surface area contributed by atoms with Crippen LogP contribution in [0.5, 0.6) is 0 Å². The Kier molecular flexibility index (Phi) is 4.57. The summed E-state index contributed by atoms with van der Waals surface area (Å²) in [5, 5.41) is 2.68. The third-order valence-electron chi connectivity index (χ3n) is 3.50.